The summed E-state index contributed by atoms with van der Waals surface area (Å²) in [5.74, 6) is -0.770. The van der Waals surface area contributed by atoms with Crippen LogP contribution >= 0.6 is 0 Å². The van der Waals surface area contributed by atoms with Crippen LogP contribution in [0.4, 0.5) is 0 Å². The Bertz CT molecular complexity index is 307. The van der Waals surface area contributed by atoms with E-state index in [4.69, 9.17) is 4.74 Å². The van der Waals surface area contributed by atoms with Crippen molar-refractivity contribution >= 4 is 5.97 Å². The number of nitrogens with zero attached hydrogens (tertiary/aromatic N) is 1. The van der Waals surface area contributed by atoms with E-state index >= 15 is 0 Å². The molecule has 1 rings (SSSR count). The Hall–Kier alpha value is -0.650. The van der Waals surface area contributed by atoms with Crippen molar-refractivity contribution in [2.45, 2.75) is 51.7 Å². The number of carboxylic acid groups (broad SMARTS) is 1. The van der Waals surface area contributed by atoms with E-state index in [0.717, 1.165) is 39.2 Å². The molecule has 1 aliphatic heterocycles. The fourth-order valence-corrected chi connectivity index (χ4v) is 2.36. The molecule has 112 valence electrons. The first kappa shape index (κ1) is 16.4. The minimum atomic E-state index is -0.835. The Morgan fingerprint density at radius 1 is 1.53 bits per heavy atom. The van der Waals surface area contributed by atoms with Crippen molar-refractivity contribution in [2.24, 2.45) is 0 Å². The van der Waals surface area contributed by atoms with E-state index in [-0.39, 0.29) is 5.60 Å². The lowest BCUT2D eigenvalue weighted by Gasteiger charge is -2.39. The monoisotopic (exact) mass is 272 g/mol. The van der Waals surface area contributed by atoms with Gasteiger partial charge in [0, 0.05) is 19.6 Å². The van der Waals surface area contributed by atoms with E-state index in [2.05, 4.69) is 24.1 Å². The van der Waals surface area contributed by atoms with Crippen LogP contribution in [0.2, 0.25) is 0 Å². The smallest absolute Gasteiger partial charge is 0.323 e. The lowest BCUT2D eigenvalue weighted by molar-refractivity contribution is -0.145. The van der Waals surface area contributed by atoms with Gasteiger partial charge in [0.05, 0.1) is 12.2 Å². The van der Waals surface area contributed by atoms with Gasteiger partial charge in [0.2, 0.25) is 0 Å². The van der Waals surface area contributed by atoms with Gasteiger partial charge in [-0.15, -0.1) is 0 Å². The summed E-state index contributed by atoms with van der Waals surface area (Å²) in [5.41, 5.74) is -0.965. The Kier molecular flexibility index (Phi) is 5.77. The summed E-state index contributed by atoms with van der Waals surface area (Å²) in [6, 6.07) is 0. The van der Waals surface area contributed by atoms with E-state index < -0.39 is 11.5 Å². The zero-order chi connectivity index (χ0) is 14.5. The first-order valence-corrected chi connectivity index (χ1v) is 7.14. The Morgan fingerprint density at radius 3 is 2.74 bits per heavy atom. The summed E-state index contributed by atoms with van der Waals surface area (Å²) in [7, 11) is 0. The van der Waals surface area contributed by atoms with Crippen molar-refractivity contribution in [1.82, 2.24) is 10.2 Å². The van der Waals surface area contributed by atoms with E-state index in [1.54, 1.807) is 6.92 Å². The van der Waals surface area contributed by atoms with Gasteiger partial charge in [-0.3, -0.25) is 9.69 Å². The molecule has 2 N–H and O–H groups in total. The van der Waals surface area contributed by atoms with Gasteiger partial charge in [0.1, 0.15) is 5.54 Å². The number of ether oxygens (including phenoxy) is 1. The number of nitrogens with one attached hydrogen (secondary N) is 1. The van der Waals surface area contributed by atoms with Crippen molar-refractivity contribution in [3.05, 3.63) is 0 Å². The van der Waals surface area contributed by atoms with Crippen molar-refractivity contribution in [3.8, 4) is 0 Å². The van der Waals surface area contributed by atoms with E-state index in [9.17, 15) is 9.90 Å². The Balaban J connectivity index is 2.49. The first-order valence-electron chi connectivity index (χ1n) is 7.14. The third-order valence-electron chi connectivity index (χ3n) is 3.67. The molecular formula is C14H28N2O3. The topological polar surface area (TPSA) is 61.8 Å². The van der Waals surface area contributed by atoms with E-state index in [1.807, 2.05) is 6.92 Å². The minimum absolute atomic E-state index is 0.130. The number of hydrogen-bond acceptors (Lipinski definition) is 4. The molecule has 1 heterocycles. The van der Waals surface area contributed by atoms with Crippen LogP contribution in [-0.2, 0) is 9.53 Å². The number of carboxylic acids is 1. The zero-order valence-corrected chi connectivity index (χ0v) is 12.7. The molecule has 0 spiro atoms. The molecular weight excluding hydrogens is 244 g/mol. The fourth-order valence-electron chi connectivity index (χ4n) is 2.36. The van der Waals surface area contributed by atoms with Crippen LogP contribution in [0.3, 0.4) is 0 Å². The minimum Gasteiger partial charge on any atom is -0.480 e. The number of carbonyl (C=O) groups is 1. The van der Waals surface area contributed by atoms with Crippen molar-refractivity contribution in [2.75, 3.05) is 32.8 Å². The summed E-state index contributed by atoms with van der Waals surface area (Å²) in [4.78, 5) is 13.7. The average molecular weight is 272 g/mol. The first-order chi connectivity index (χ1) is 8.79. The van der Waals surface area contributed by atoms with Gasteiger partial charge in [0.15, 0.2) is 0 Å². The second kappa shape index (κ2) is 6.68. The molecule has 5 nitrogen and oxygen atoms in total. The zero-order valence-electron chi connectivity index (χ0n) is 12.7. The predicted molar refractivity (Wildman–Crippen MR) is 75.4 cm³/mol. The summed E-state index contributed by atoms with van der Waals surface area (Å²) in [5, 5.41) is 12.5. The third-order valence-corrected chi connectivity index (χ3v) is 3.67. The highest BCUT2D eigenvalue weighted by Gasteiger charge is 2.34. The van der Waals surface area contributed by atoms with Crippen LogP contribution in [0.1, 0.15) is 40.5 Å². The van der Waals surface area contributed by atoms with Crippen LogP contribution in [0.5, 0.6) is 0 Å². The molecule has 19 heavy (non-hydrogen) atoms. The second-order valence-electron chi connectivity index (χ2n) is 6.20. The van der Waals surface area contributed by atoms with Gasteiger partial charge in [-0.2, -0.15) is 0 Å². The molecule has 1 saturated heterocycles. The quantitative estimate of drug-likeness (QED) is 0.732. The van der Waals surface area contributed by atoms with E-state index in [1.165, 1.54) is 0 Å². The van der Waals surface area contributed by atoms with Crippen LogP contribution in [0.15, 0.2) is 0 Å². The normalized spacial score (nSPS) is 22.9. The molecule has 0 radical (unpaired) electrons. The van der Waals surface area contributed by atoms with Gasteiger partial charge in [-0.25, -0.2) is 0 Å². The van der Waals surface area contributed by atoms with Gasteiger partial charge < -0.3 is 15.2 Å². The van der Waals surface area contributed by atoms with Crippen LogP contribution < -0.4 is 5.32 Å². The van der Waals surface area contributed by atoms with E-state index in [0.29, 0.717) is 6.42 Å². The highest BCUT2D eigenvalue weighted by Crippen LogP contribution is 2.18. The molecule has 0 aromatic heterocycles. The van der Waals surface area contributed by atoms with Gasteiger partial charge >= 0.3 is 5.97 Å². The number of morpholine rings is 1. The fraction of sp³-hybridized carbons (Fsp3) is 0.929. The molecule has 0 bridgehead atoms. The summed E-state index contributed by atoms with van der Waals surface area (Å²) in [6.45, 7) is 11.9. The molecule has 0 aliphatic carbocycles. The van der Waals surface area contributed by atoms with Crippen LogP contribution in [0, 0.1) is 0 Å². The molecule has 0 saturated carbocycles. The SMILES string of the molecule is CCCNC(C)(CCN1CCOC(C)(C)C1)C(=O)O. The van der Waals surface area contributed by atoms with Gasteiger partial charge in [-0.1, -0.05) is 6.92 Å². The number of rotatable bonds is 7. The molecule has 1 unspecified atom stereocenters. The molecule has 0 amide bonds. The maximum atomic E-state index is 11.4. The maximum absolute atomic E-state index is 11.4. The predicted octanol–water partition coefficient (Wildman–Crippen LogP) is 1.33. The largest absolute Gasteiger partial charge is 0.480 e. The van der Waals surface area contributed by atoms with Crippen LogP contribution in [0.25, 0.3) is 0 Å². The van der Waals surface area contributed by atoms with Crippen molar-refractivity contribution < 1.29 is 14.6 Å². The second-order valence-corrected chi connectivity index (χ2v) is 6.20. The summed E-state index contributed by atoms with van der Waals surface area (Å²) < 4.78 is 5.67. The number of hydrogen-bond donors (Lipinski definition) is 2. The number of aliphatic carboxylic acids is 1. The molecule has 1 atom stereocenters. The molecule has 5 heteroatoms. The summed E-state index contributed by atoms with van der Waals surface area (Å²) in [6.07, 6.45) is 1.55. The lowest BCUT2D eigenvalue weighted by Crippen LogP contribution is -2.54. The Morgan fingerprint density at radius 2 is 2.21 bits per heavy atom. The highest BCUT2D eigenvalue weighted by molar-refractivity contribution is 5.78. The molecule has 1 fully saturated rings. The van der Waals surface area contributed by atoms with Crippen LogP contribution in [-0.4, -0.2) is 59.9 Å². The summed E-state index contributed by atoms with van der Waals surface area (Å²) >= 11 is 0. The van der Waals surface area contributed by atoms with Crippen molar-refractivity contribution in [3.63, 3.8) is 0 Å². The molecule has 0 aromatic carbocycles. The standard InChI is InChI=1S/C14H28N2O3/c1-5-7-15-14(4,12(17)18)6-8-16-9-10-19-13(2,3)11-16/h15H,5-11H2,1-4H3,(H,17,18). The molecule has 0 aromatic rings. The third kappa shape index (κ3) is 5.09. The molecule has 1 aliphatic rings. The highest BCUT2D eigenvalue weighted by atomic mass is 16.5. The maximum Gasteiger partial charge on any atom is 0.323 e. The van der Waals surface area contributed by atoms with Gasteiger partial charge in [-0.05, 0) is 40.2 Å². The lowest BCUT2D eigenvalue weighted by atomic mass is 9.96. The Labute approximate surface area is 116 Å². The van der Waals surface area contributed by atoms with Gasteiger partial charge in [0.25, 0.3) is 0 Å². The van der Waals surface area contributed by atoms with Crippen molar-refractivity contribution in [1.29, 1.82) is 0 Å². The average Bonchev–Trinajstić information content (AvgIpc) is 2.32.